The lowest BCUT2D eigenvalue weighted by atomic mass is 10.0. The molecule has 1 amide bonds. The monoisotopic (exact) mass is 397 g/mol. The Bertz CT molecular complexity index is 846. The zero-order chi connectivity index (χ0) is 21.2. The van der Waals surface area contributed by atoms with E-state index in [4.69, 9.17) is 14.2 Å². The summed E-state index contributed by atoms with van der Waals surface area (Å²) in [4.78, 5) is 24.7. The van der Waals surface area contributed by atoms with Gasteiger partial charge in [-0.05, 0) is 43.7 Å². The van der Waals surface area contributed by atoms with Crippen LogP contribution in [0.25, 0.3) is 6.08 Å². The zero-order valence-corrected chi connectivity index (χ0v) is 17.2. The minimum absolute atomic E-state index is 0.0459. The molecule has 2 aromatic rings. The van der Waals surface area contributed by atoms with Gasteiger partial charge in [-0.1, -0.05) is 30.3 Å². The lowest BCUT2D eigenvalue weighted by molar-refractivity contribution is -0.148. The van der Waals surface area contributed by atoms with Gasteiger partial charge in [0.15, 0.2) is 0 Å². The molecule has 0 aliphatic rings. The van der Waals surface area contributed by atoms with Crippen LogP contribution in [-0.2, 0) is 14.3 Å². The van der Waals surface area contributed by atoms with Crippen molar-refractivity contribution in [1.82, 2.24) is 5.32 Å². The van der Waals surface area contributed by atoms with Crippen molar-refractivity contribution < 1.29 is 23.8 Å². The summed E-state index contributed by atoms with van der Waals surface area (Å²) in [6, 6.07) is 14.2. The average molecular weight is 397 g/mol. The molecule has 6 heteroatoms. The second kappa shape index (κ2) is 10.9. The Morgan fingerprint density at radius 2 is 1.76 bits per heavy atom. The molecule has 154 valence electrons. The third kappa shape index (κ3) is 6.99. The van der Waals surface area contributed by atoms with Gasteiger partial charge in [-0.3, -0.25) is 9.59 Å². The summed E-state index contributed by atoms with van der Waals surface area (Å²) in [7, 11) is 3.13. The molecule has 0 saturated carbocycles. The summed E-state index contributed by atoms with van der Waals surface area (Å²) >= 11 is 0. The van der Waals surface area contributed by atoms with Crippen LogP contribution in [0.5, 0.6) is 11.5 Å². The fourth-order valence-electron chi connectivity index (χ4n) is 2.77. The summed E-state index contributed by atoms with van der Waals surface area (Å²) in [6.45, 7) is 3.58. The highest BCUT2D eigenvalue weighted by molar-refractivity contribution is 5.92. The lowest BCUT2D eigenvalue weighted by Gasteiger charge is -2.18. The summed E-state index contributed by atoms with van der Waals surface area (Å²) in [6.07, 6.45) is 2.88. The molecule has 6 nitrogen and oxygen atoms in total. The van der Waals surface area contributed by atoms with Crippen LogP contribution in [0.15, 0.2) is 54.6 Å². The molecule has 0 bridgehead atoms. The van der Waals surface area contributed by atoms with Crippen LogP contribution in [0, 0.1) is 0 Å². The number of rotatable bonds is 9. The van der Waals surface area contributed by atoms with E-state index in [-0.39, 0.29) is 24.4 Å². The van der Waals surface area contributed by atoms with E-state index in [1.165, 1.54) is 6.08 Å². The molecule has 0 aliphatic carbocycles. The largest absolute Gasteiger partial charge is 0.497 e. The van der Waals surface area contributed by atoms with E-state index >= 15 is 0 Å². The van der Waals surface area contributed by atoms with Crippen LogP contribution in [0.4, 0.5) is 0 Å². The van der Waals surface area contributed by atoms with Crippen LogP contribution in [0.3, 0.4) is 0 Å². The fourth-order valence-corrected chi connectivity index (χ4v) is 2.77. The van der Waals surface area contributed by atoms with E-state index in [0.717, 1.165) is 5.56 Å². The first-order chi connectivity index (χ1) is 13.9. The molecule has 0 saturated heterocycles. The zero-order valence-electron chi connectivity index (χ0n) is 17.2. The first-order valence-corrected chi connectivity index (χ1v) is 9.38. The maximum Gasteiger partial charge on any atom is 0.308 e. The van der Waals surface area contributed by atoms with Gasteiger partial charge in [0.2, 0.25) is 5.91 Å². The first-order valence-electron chi connectivity index (χ1n) is 9.38. The second-order valence-corrected chi connectivity index (χ2v) is 6.66. The Hall–Kier alpha value is -3.28. The van der Waals surface area contributed by atoms with Gasteiger partial charge >= 0.3 is 5.97 Å². The number of nitrogens with one attached hydrogen (secondary N) is 1. The van der Waals surface area contributed by atoms with E-state index in [1.54, 1.807) is 52.3 Å². The Morgan fingerprint density at radius 1 is 1.03 bits per heavy atom. The molecule has 0 fully saturated rings. The fraction of sp³-hybridized carbons (Fsp3) is 0.304. The highest BCUT2D eigenvalue weighted by Gasteiger charge is 2.19. The van der Waals surface area contributed by atoms with Crippen LogP contribution in [0.2, 0.25) is 0 Å². The minimum atomic E-state index is -0.494. The molecule has 0 spiro atoms. The van der Waals surface area contributed by atoms with Crippen molar-refractivity contribution in [2.45, 2.75) is 32.4 Å². The van der Waals surface area contributed by atoms with Crippen molar-refractivity contribution in [3.63, 3.8) is 0 Å². The van der Waals surface area contributed by atoms with Gasteiger partial charge in [-0.25, -0.2) is 0 Å². The summed E-state index contributed by atoms with van der Waals surface area (Å²) in [5.74, 6) is 0.577. The molecule has 1 atom stereocenters. The van der Waals surface area contributed by atoms with Crippen LogP contribution >= 0.6 is 0 Å². The van der Waals surface area contributed by atoms with E-state index in [1.807, 2.05) is 30.3 Å². The van der Waals surface area contributed by atoms with Gasteiger partial charge in [-0.2, -0.15) is 0 Å². The number of esters is 1. The van der Waals surface area contributed by atoms with Crippen molar-refractivity contribution in [3.05, 3.63) is 65.7 Å². The quantitative estimate of drug-likeness (QED) is 0.513. The highest BCUT2D eigenvalue weighted by Crippen LogP contribution is 2.25. The molecule has 1 N–H and O–H groups in total. The molecule has 0 aliphatic heterocycles. The Balaban J connectivity index is 2.15. The van der Waals surface area contributed by atoms with Crippen molar-refractivity contribution in [1.29, 1.82) is 0 Å². The standard InChI is InChI=1S/C23H27NO5/c1-16(2)29-23(26)15-20(17-8-6-5-7-9-17)24-22(25)13-10-18-14-19(27-3)11-12-21(18)28-4/h5-14,16,20H,15H2,1-4H3,(H,24,25)/b13-10+. The van der Waals surface area contributed by atoms with Gasteiger partial charge in [-0.15, -0.1) is 0 Å². The molecular weight excluding hydrogens is 370 g/mol. The van der Waals surface area contributed by atoms with Crippen molar-refractivity contribution >= 4 is 18.0 Å². The summed E-state index contributed by atoms with van der Waals surface area (Å²) in [5.41, 5.74) is 1.53. The predicted octanol–water partition coefficient (Wildman–Crippen LogP) is 3.92. The van der Waals surface area contributed by atoms with Crippen LogP contribution < -0.4 is 14.8 Å². The molecule has 0 radical (unpaired) electrons. The Labute approximate surface area is 171 Å². The average Bonchev–Trinajstić information content (AvgIpc) is 2.71. The van der Waals surface area contributed by atoms with Gasteiger partial charge in [0, 0.05) is 11.6 Å². The molecular formula is C23H27NO5. The lowest BCUT2D eigenvalue weighted by Crippen LogP contribution is -2.29. The summed E-state index contributed by atoms with van der Waals surface area (Å²) < 4.78 is 15.8. The van der Waals surface area contributed by atoms with E-state index in [9.17, 15) is 9.59 Å². The number of amides is 1. The topological polar surface area (TPSA) is 73.9 Å². The predicted molar refractivity (Wildman–Crippen MR) is 112 cm³/mol. The number of hydrogen-bond donors (Lipinski definition) is 1. The second-order valence-electron chi connectivity index (χ2n) is 6.66. The van der Waals surface area contributed by atoms with E-state index in [0.29, 0.717) is 17.1 Å². The van der Waals surface area contributed by atoms with Gasteiger partial charge in [0.05, 0.1) is 32.8 Å². The van der Waals surface area contributed by atoms with Gasteiger partial charge in [0.1, 0.15) is 11.5 Å². The molecule has 1 unspecified atom stereocenters. The normalized spacial score (nSPS) is 11.9. The molecule has 2 rings (SSSR count). The maximum absolute atomic E-state index is 12.5. The third-order valence-corrected chi connectivity index (χ3v) is 4.11. The number of carbonyl (C=O) groups excluding carboxylic acids is 2. The number of ether oxygens (including phenoxy) is 3. The van der Waals surface area contributed by atoms with Crippen molar-refractivity contribution in [3.8, 4) is 11.5 Å². The highest BCUT2D eigenvalue weighted by atomic mass is 16.5. The minimum Gasteiger partial charge on any atom is -0.497 e. The molecule has 0 heterocycles. The maximum atomic E-state index is 12.5. The van der Waals surface area contributed by atoms with Crippen LogP contribution in [0.1, 0.15) is 37.4 Å². The van der Waals surface area contributed by atoms with Crippen LogP contribution in [-0.4, -0.2) is 32.2 Å². The molecule has 29 heavy (non-hydrogen) atoms. The van der Waals surface area contributed by atoms with Crippen molar-refractivity contribution in [2.24, 2.45) is 0 Å². The molecule has 0 aromatic heterocycles. The van der Waals surface area contributed by atoms with E-state index < -0.39 is 6.04 Å². The number of methoxy groups -OCH3 is 2. The third-order valence-electron chi connectivity index (χ3n) is 4.11. The molecule has 2 aromatic carbocycles. The number of hydrogen-bond acceptors (Lipinski definition) is 5. The number of benzene rings is 2. The first kappa shape index (κ1) is 22.0. The van der Waals surface area contributed by atoms with E-state index in [2.05, 4.69) is 5.32 Å². The van der Waals surface area contributed by atoms with Gasteiger partial charge < -0.3 is 19.5 Å². The summed E-state index contributed by atoms with van der Waals surface area (Å²) in [5, 5.41) is 2.88. The SMILES string of the molecule is COc1ccc(OC)c(/C=C/C(=O)NC(CC(=O)OC(C)C)c2ccccc2)c1. The van der Waals surface area contributed by atoms with Crippen molar-refractivity contribution in [2.75, 3.05) is 14.2 Å². The Morgan fingerprint density at radius 3 is 2.38 bits per heavy atom. The Kier molecular flexibility index (Phi) is 8.27. The number of carbonyl (C=O) groups is 2. The smallest absolute Gasteiger partial charge is 0.308 e. The van der Waals surface area contributed by atoms with Gasteiger partial charge in [0.25, 0.3) is 0 Å².